The van der Waals surface area contributed by atoms with E-state index in [2.05, 4.69) is 31.0 Å². The molecule has 1 aromatic rings. The van der Waals surface area contributed by atoms with E-state index in [0.717, 1.165) is 38.5 Å². The molecule has 0 aromatic carbocycles. The summed E-state index contributed by atoms with van der Waals surface area (Å²) in [5.41, 5.74) is 1.15. The second-order valence-electron chi connectivity index (χ2n) is 4.66. The van der Waals surface area contributed by atoms with Crippen molar-refractivity contribution in [2.24, 2.45) is 0 Å². The van der Waals surface area contributed by atoms with E-state index in [-0.39, 0.29) is 0 Å². The van der Waals surface area contributed by atoms with E-state index in [4.69, 9.17) is 9.72 Å². The van der Waals surface area contributed by atoms with E-state index in [1.54, 1.807) is 7.11 Å². The molecule has 0 aliphatic heterocycles. The van der Waals surface area contributed by atoms with Crippen LogP contribution in [0.5, 0.6) is 0 Å². The van der Waals surface area contributed by atoms with Gasteiger partial charge in [-0.25, -0.2) is 4.98 Å². The van der Waals surface area contributed by atoms with Gasteiger partial charge < -0.3 is 15.0 Å². The quantitative estimate of drug-likeness (QED) is 0.671. The highest BCUT2D eigenvalue weighted by Crippen LogP contribution is 2.26. The highest BCUT2D eigenvalue weighted by atomic mass is 32.1. The summed E-state index contributed by atoms with van der Waals surface area (Å²) in [5, 5.41) is 4.56. The Morgan fingerprint density at radius 2 is 1.95 bits per heavy atom. The number of rotatable bonds is 10. The van der Waals surface area contributed by atoms with E-state index in [1.165, 1.54) is 22.9 Å². The summed E-state index contributed by atoms with van der Waals surface area (Å²) in [6.45, 7) is 11.3. The Hall–Kier alpha value is -0.650. The number of hydrogen-bond donors (Lipinski definition) is 1. The molecule has 0 unspecified atom stereocenters. The summed E-state index contributed by atoms with van der Waals surface area (Å²) >= 11 is 1.82. The maximum Gasteiger partial charge on any atom is 0.185 e. The summed E-state index contributed by atoms with van der Waals surface area (Å²) in [7, 11) is 1.73. The van der Waals surface area contributed by atoms with Crippen LogP contribution < -0.4 is 10.2 Å². The molecule has 1 heterocycles. The number of hydrogen-bond acceptors (Lipinski definition) is 5. The minimum Gasteiger partial charge on any atom is -0.383 e. The third kappa shape index (κ3) is 5.47. The number of nitrogens with one attached hydrogen (secondary N) is 1. The van der Waals surface area contributed by atoms with E-state index < -0.39 is 0 Å². The largest absolute Gasteiger partial charge is 0.383 e. The number of ether oxygens (including phenoxy) is 1. The van der Waals surface area contributed by atoms with Gasteiger partial charge >= 0.3 is 0 Å². The summed E-state index contributed by atoms with van der Waals surface area (Å²) in [6.07, 6.45) is 2.33. The van der Waals surface area contributed by atoms with Gasteiger partial charge in [0.25, 0.3) is 0 Å². The smallest absolute Gasteiger partial charge is 0.185 e. The Bertz CT molecular complexity index is 348. The van der Waals surface area contributed by atoms with Gasteiger partial charge in [0.1, 0.15) is 0 Å². The highest BCUT2D eigenvalue weighted by Gasteiger charge is 2.12. The fraction of sp³-hybridized carbons (Fsp3) is 0.786. The van der Waals surface area contributed by atoms with Gasteiger partial charge in [-0.05, 0) is 19.8 Å². The summed E-state index contributed by atoms with van der Waals surface area (Å²) in [6, 6.07) is 0. The predicted molar refractivity (Wildman–Crippen MR) is 83.2 cm³/mol. The first-order valence-electron chi connectivity index (χ1n) is 7.13. The SMILES string of the molecule is CCCN(CCC)c1nc(C)c(CNCCOC)s1. The van der Waals surface area contributed by atoms with Crippen LogP contribution in [0.1, 0.15) is 37.3 Å². The zero-order chi connectivity index (χ0) is 14.1. The molecule has 1 aromatic heterocycles. The number of aromatic nitrogens is 1. The van der Waals surface area contributed by atoms with E-state index in [9.17, 15) is 0 Å². The summed E-state index contributed by atoms with van der Waals surface area (Å²) in [4.78, 5) is 8.46. The predicted octanol–water partition coefficient (Wildman–Crippen LogP) is 2.81. The molecular weight excluding hydrogens is 258 g/mol. The first-order valence-corrected chi connectivity index (χ1v) is 7.95. The molecule has 0 radical (unpaired) electrons. The lowest BCUT2D eigenvalue weighted by molar-refractivity contribution is 0.199. The van der Waals surface area contributed by atoms with E-state index in [0.29, 0.717) is 0 Å². The van der Waals surface area contributed by atoms with Crippen molar-refractivity contribution in [2.45, 2.75) is 40.2 Å². The first-order chi connectivity index (χ1) is 9.22. The molecule has 0 bridgehead atoms. The summed E-state index contributed by atoms with van der Waals surface area (Å²) in [5.74, 6) is 0. The maximum atomic E-state index is 5.03. The third-order valence-electron chi connectivity index (χ3n) is 2.91. The third-order valence-corrected chi connectivity index (χ3v) is 4.13. The Labute approximate surface area is 121 Å². The monoisotopic (exact) mass is 285 g/mol. The Balaban J connectivity index is 2.60. The Kier molecular flexibility index (Phi) is 8.02. The van der Waals surface area contributed by atoms with Gasteiger partial charge in [0.15, 0.2) is 5.13 Å². The van der Waals surface area contributed by atoms with Crippen molar-refractivity contribution < 1.29 is 4.74 Å². The van der Waals surface area contributed by atoms with Crippen LogP contribution in [-0.4, -0.2) is 38.3 Å². The van der Waals surface area contributed by atoms with Crippen molar-refractivity contribution in [1.29, 1.82) is 0 Å². The van der Waals surface area contributed by atoms with Crippen molar-refractivity contribution in [1.82, 2.24) is 10.3 Å². The summed E-state index contributed by atoms with van der Waals surface area (Å²) < 4.78 is 5.03. The number of methoxy groups -OCH3 is 1. The average molecular weight is 285 g/mol. The molecule has 110 valence electrons. The maximum absolute atomic E-state index is 5.03. The second-order valence-corrected chi connectivity index (χ2v) is 5.72. The minimum atomic E-state index is 0.752. The van der Waals surface area contributed by atoms with Crippen LogP contribution in [0.25, 0.3) is 0 Å². The number of aryl methyl sites for hydroxylation is 1. The molecule has 1 N–H and O–H groups in total. The standard InChI is InChI=1S/C14H27N3OS/c1-5-8-17(9-6-2)14-16-12(3)13(19-14)11-15-7-10-18-4/h15H,5-11H2,1-4H3. The molecule has 0 aliphatic rings. The van der Waals surface area contributed by atoms with Crippen LogP contribution in [0.3, 0.4) is 0 Å². The molecule has 1 rings (SSSR count). The lowest BCUT2D eigenvalue weighted by Crippen LogP contribution is -2.24. The fourth-order valence-electron chi connectivity index (χ4n) is 1.93. The molecule has 0 saturated carbocycles. The first kappa shape index (κ1) is 16.4. The lowest BCUT2D eigenvalue weighted by atomic mass is 10.4. The molecule has 0 spiro atoms. The molecule has 0 aliphatic carbocycles. The zero-order valence-corrected chi connectivity index (χ0v) is 13.5. The molecule has 0 fully saturated rings. The van der Waals surface area contributed by atoms with Crippen molar-refractivity contribution >= 4 is 16.5 Å². The molecule has 0 amide bonds. The van der Waals surface area contributed by atoms with Gasteiger partial charge in [0.2, 0.25) is 0 Å². The minimum absolute atomic E-state index is 0.752. The van der Waals surface area contributed by atoms with Crippen molar-refractivity contribution in [3.05, 3.63) is 10.6 Å². The second kappa shape index (κ2) is 9.28. The van der Waals surface area contributed by atoms with Crippen LogP contribution in [0.4, 0.5) is 5.13 Å². The van der Waals surface area contributed by atoms with Crippen LogP contribution in [-0.2, 0) is 11.3 Å². The van der Waals surface area contributed by atoms with Gasteiger partial charge in [-0.3, -0.25) is 0 Å². The molecule has 5 heteroatoms. The molecule has 4 nitrogen and oxygen atoms in total. The van der Waals surface area contributed by atoms with Crippen molar-refractivity contribution in [3.63, 3.8) is 0 Å². The highest BCUT2D eigenvalue weighted by molar-refractivity contribution is 7.15. The molecule has 19 heavy (non-hydrogen) atoms. The van der Waals surface area contributed by atoms with E-state index in [1.807, 2.05) is 11.3 Å². The number of nitrogens with zero attached hydrogens (tertiary/aromatic N) is 2. The average Bonchev–Trinajstić information content (AvgIpc) is 2.76. The van der Waals surface area contributed by atoms with E-state index >= 15 is 0 Å². The fourth-order valence-corrected chi connectivity index (χ4v) is 3.01. The van der Waals surface area contributed by atoms with Crippen LogP contribution >= 0.6 is 11.3 Å². The molecular formula is C14H27N3OS. The van der Waals surface area contributed by atoms with Crippen LogP contribution in [0.2, 0.25) is 0 Å². The normalized spacial score (nSPS) is 10.9. The zero-order valence-electron chi connectivity index (χ0n) is 12.7. The Morgan fingerprint density at radius 1 is 1.26 bits per heavy atom. The van der Waals surface area contributed by atoms with Gasteiger partial charge in [0.05, 0.1) is 12.3 Å². The van der Waals surface area contributed by atoms with Gasteiger partial charge in [0, 0.05) is 38.2 Å². The number of thiazole rings is 1. The van der Waals surface area contributed by atoms with Crippen LogP contribution in [0, 0.1) is 6.92 Å². The van der Waals surface area contributed by atoms with Gasteiger partial charge in [-0.2, -0.15) is 0 Å². The van der Waals surface area contributed by atoms with Crippen molar-refractivity contribution in [2.75, 3.05) is 38.3 Å². The number of anilines is 1. The molecule has 0 atom stereocenters. The topological polar surface area (TPSA) is 37.4 Å². The van der Waals surface area contributed by atoms with Crippen molar-refractivity contribution in [3.8, 4) is 0 Å². The molecule has 0 saturated heterocycles. The Morgan fingerprint density at radius 3 is 2.53 bits per heavy atom. The van der Waals surface area contributed by atoms with Gasteiger partial charge in [-0.15, -0.1) is 11.3 Å². The van der Waals surface area contributed by atoms with Gasteiger partial charge in [-0.1, -0.05) is 13.8 Å². The lowest BCUT2D eigenvalue weighted by Gasteiger charge is -2.19. The van der Waals surface area contributed by atoms with Crippen LogP contribution in [0.15, 0.2) is 0 Å².